The van der Waals surface area contributed by atoms with Gasteiger partial charge in [0.05, 0.1) is 6.10 Å². The molecule has 0 atom stereocenters. The highest BCUT2D eigenvalue weighted by atomic mass is 16.5. The van der Waals surface area contributed by atoms with Crippen LogP contribution in [-0.2, 0) is 6.54 Å². The van der Waals surface area contributed by atoms with Crippen molar-refractivity contribution in [2.45, 2.75) is 25.5 Å². The van der Waals surface area contributed by atoms with Crippen LogP contribution in [0.1, 0.15) is 28.8 Å². The van der Waals surface area contributed by atoms with Crippen molar-refractivity contribution in [3.05, 3.63) is 29.3 Å². The number of carboxylic acids is 1. The molecule has 1 aromatic rings. The molecular formula is C11H13NO3. The van der Waals surface area contributed by atoms with E-state index in [1.165, 1.54) is 0 Å². The molecule has 4 nitrogen and oxygen atoms in total. The van der Waals surface area contributed by atoms with Gasteiger partial charge in [-0.05, 0) is 24.5 Å². The number of hydrogen-bond donors (Lipinski definition) is 2. The predicted octanol–water partition coefficient (Wildman–Crippen LogP) is 1.38. The summed E-state index contributed by atoms with van der Waals surface area (Å²) in [6, 6.07) is 5.16. The van der Waals surface area contributed by atoms with E-state index in [0.29, 0.717) is 11.3 Å². The van der Waals surface area contributed by atoms with E-state index in [1.54, 1.807) is 18.2 Å². The molecule has 0 heterocycles. The average molecular weight is 207 g/mol. The molecule has 1 aliphatic carbocycles. The molecule has 0 amide bonds. The first-order valence-electron chi connectivity index (χ1n) is 4.94. The van der Waals surface area contributed by atoms with Crippen LogP contribution in [-0.4, -0.2) is 17.2 Å². The molecule has 1 saturated carbocycles. The maximum Gasteiger partial charge on any atom is 0.339 e. The summed E-state index contributed by atoms with van der Waals surface area (Å²) < 4.78 is 5.52. The van der Waals surface area contributed by atoms with E-state index in [-0.39, 0.29) is 18.2 Å². The highest BCUT2D eigenvalue weighted by Crippen LogP contribution is 2.30. The second kappa shape index (κ2) is 3.90. The molecule has 0 saturated heterocycles. The molecule has 1 aromatic carbocycles. The van der Waals surface area contributed by atoms with Gasteiger partial charge in [-0.15, -0.1) is 0 Å². The topological polar surface area (TPSA) is 72.5 Å². The quantitative estimate of drug-likeness (QED) is 0.782. The zero-order valence-corrected chi connectivity index (χ0v) is 8.27. The van der Waals surface area contributed by atoms with E-state index in [1.807, 2.05) is 0 Å². The molecule has 0 bridgehead atoms. The van der Waals surface area contributed by atoms with Crippen molar-refractivity contribution in [1.82, 2.24) is 0 Å². The van der Waals surface area contributed by atoms with Crippen molar-refractivity contribution < 1.29 is 14.6 Å². The van der Waals surface area contributed by atoms with Gasteiger partial charge in [0.2, 0.25) is 0 Å². The third-order valence-electron chi connectivity index (χ3n) is 2.36. The van der Waals surface area contributed by atoms with Gasteiger partial charge >= 0.3 is 5.97 Å². The monoisotopic (exact) mass is 207 g/mol. The molecule has 0 aliphatic heterocycles. The van der Waals surface area contributed by atoms with Gasteiger partial charge in [0.25, 0.3) is 0 Å². The zero-order chi connectivity index (χ0) is 10.8. The van der Waals surface area contributed by atoms with Crippen LogP contribution in [0, 0.1) is 0 Å². The van der Waals surface area contributed by atoms with E-state index in [9.17, 15) is 4.79 Å². The Hall–Kier alpha value is -1.55. The van der Waals surface area contributed by atoms with E-state index in [0.717, 1.165) is 12.8 Å². The lowest BCUT2D eigenvalue weighted by atomic mass is 10.1. The molecule has 3 N–H and O–H groups in total. The Kier molecular flexibility index (Phi) is 2.60. The number of rotatable bonds is 4. The van der Waals surface area contributed by atoms with Crippen LogP contribution in [0.25, 0.3) is 0 Å². The zero-order valence-electron chi connectivity index (χ0n) is 8.27. The minimum Gasteiger partial charge on any atom is -0.490 e. The van der Waals surface area contributed by atoms with Gasteiger partial charge in [0.15, 0.2) is 0 Å². The van der Waals surface area contributed by atoms with Gasteiger partial charge in [-0.25, -0.2) is 4.79 Å². The minimum absolute atomic E-state index is 0.191. The fourth-order valence-corrected chi connectivity index (χ4v) is 1.45. The highest BCUT2D eigenvalue weighted by Gasteiger charge is 2.26. The number of aromatic carboxylic acids is 1. The number of ether oxygens (including phenoxy) is 1. The number of nitrogens with two attached hydrogens (primary N) is 1. The Morgan fingerprint density at radius 1 is 1.53 bits per heavy atom. The fraction of sp³-hybridized carbons (Fsp3) is 0.364. The van der Waals surface area contributed by atoms with Gasteiger partial charge in [-0.2, -0.15) is 0 Å². The maximum absolute atomic E-state index is 11.1. The summed E-state index contributed by atoms with van der Waals surface area (Å²) in [5.74, 6) is -0.542. The lowest BCUT2D eigenvalue weighted by molar-refractivity contribution is 0.0690. The SMILES string of the molecule is NCc1cccc(OC2CC2)c1C(=O)O. The molecule has 80 valence electrons. The second-order valence-corrected chi connectivity index (χ2v) is 3.62. The largest absolute Gasteiger partial charge is 0.490 e. The second-order valence-electron chi connectivity index (χ2n) is 3.62. The normalized spacial score (nSPS) is 15.0. The Morgan fingerprint density at radius 2 is 2.27 bits per heavy atom. The maximum atomic E-state index is 11.1. The molecule has 1 aliphatic rings. The van der Waals surface area contributed by atoms with Crippen LogP contribution >= 0.6 is 0 Å². The van der Waals surface area contributed by atoms with Crippen molar-refractivity contribution in [2.24, 2.45) is 5.73 Å². The summed E-state index contributed by atoms with van der Waals surface area (Å²) in [5.41, 5.74) is 6.30. The Balaban J connectivity index is 2.37. The van der Waals surface area contributed by atoms with Crippen LogP contribution in [0.2, 0.25) is 0 Å². The third-order valence-corrected chi connectivity index (χ3v) is 2.36. The van der Waals surface area contributed by atoms with Crippen LogP contribution in [0.3, 0.4) is 0 Å². The van der Waals surface area contributed by atoms with E-state index in [4.69, 9.17) is 15.6 Å². The first kappa shape index (κ1) is 9.98. The van der Waals surface area contributed by atoms with Gasteiger partial charge in [0.1, 0.15) is 11.3 Å². The van der Waals surface area contributed by atoms with E-state index < -0.39 is 5.97 Å². The van der Waals surface area contributed by atoms with Crippen molar-refractivity contribution in [1.29, 1.82) is 0 Å². The van der Waals surface area contributed by atoms with Crippen molar-refractivity contribution in [3.8, 4) is 5.75 Å². The summed E-state index contributed by atoms with van der Waals surface area (Å²) in [7, 11) is 0. The summed E-state index contributed by atoms with van der Waals surface area (Å²) in [5, 5.41) is 9.08. The number of carbonyl (C=O) groups is 1. The molecule has 15 heavy (non-hydrogen) atoms. The first-order valence-corrected chi connectivity index (χ1v) is 4.94. The molecule has 0 radical (unpaired) electrons. The van der Waals surface area contributed by atoms with Crippen molar-refractivity contribution in [2.75, 3.05) is 0 Å². The van der Waals surface area contributed by atoms with Crippen LogP contribution in [0.4, 0.5) is 0 Å². The van der Waals surface area contributed by atoms with Gasteiger partial charge < -0.3 is 15.6 Å². The van der Waals surface area contributed by atoms with Crippen LogP contribution in [0.15, 0.2) is 18.2 Å². The average Bonchev–Trinajstić information content (AvgIpc) is 3.01. The number of carboxylic acid groups (broad SMARTS) is 1. The Labute approximate surface area is 87.7 Å². The smallest absolute Gasteiger partial charge is 0.339 e. The molecular weight excluding hydrogens is 194 g/mol. The lowest BCUT2D eigenvalue weighted by Crippen LogP contribution is -2.10. The molecule has 4 heteroatoms. The summed E-state index contributed by atoms with van der Waals surface area (Å²) >= 11 is 0. The Morgan fingerprint density at radius 3 is 2.80 bits per heavy atom. The fourth-order valence-electron chi connectivity index (χ4n) is 1.45. The summed E-state index contributed by atoms with van der Waals surface area (Å²) in [4.78, 5) is 11.1. The molecule has 2 rings (SSSR count). The predicted molar refractivity (Wildman–Crippen MR) is 54.9 cm³/mol. The van der Waals surface area contributed by atoms with Crippen molar-refractivity contribution in [3.63, 3.8) is 0 Å². The van der Waals surface area contributed by atoms with Gasteiger partial charge in [-0.3, -0.25) is 0 Å². The van der Waals surface area contributed by atoms with Crippen LogP contribution in [0.5, 0.6) is 5.75 Å². The summed E-state index contributed by atoms with van der Waals surface area (Å²) in [6.07, 6.45) is 2.20. The van der Waals surface area contributed by atoms with Gasteiger partial charge in [-0.1, -0.05) is 12.1 Å². The molecule has 0 spiro atoms. The molecule has 1 fully saturated rings. The van der Waals surface area contributed by atoms with E-state index >= 15 is 0 Å². The number of hydrogen-bond acceptors (Lipinski definition) is 3. The molecule has 0 aromatic heterocycles. The van der Waals surface area contributed by atoms with Crippen molar-refractivity contribution >= 4 is 5.97 Å². The van der Waals surface area contributed by atoms with E-state index in [2.05, 4.69) is 0 Å². The lowest BCUT2D eigenvalue weighted by Gasteiger charge is -2.10. The standard InChI is InChI=1S/C11H13NO3/c12-6-7-2-1-3-9(10(7)11(13)14)15-8-4-5-8/h1-3,8H,4-6,12H2,(H,13,14). The number of benzene rings is 1. The highest BCUT2D eigenvalue weighted by molar-refractivity contribution is 5.92. The minimum atomic E-state index is -0.980. The summed E-state index contributed by atoms with van der Waals surface area (Å²) in [6.45, 7) is 0.212. The Bertz CT molecular complexity index is 385. The van der Waals surface area contributed by atoms with Crippen LogP contribution < -0.4 is 10.5 Å². The van der Waals surface area contributed by atoms with Gasteiger partial charge in [0, 0.05) is 6.54 Å². The molecule has 0 unspecified atom stereocenters. The first-order chi connectivity index (χ1) is 7.22. The third kappa shape index (κ3) is 2.10.